The maximum atomic E-state index is 6.29. The summed E-state index contributed by atoms with van der Waals surface area (Å²) in [4.78, 5) is 9.34. The van der Waals surface area contributed by atoms with E-state index in [1.54, 1.807) is 7.11 Å². The van der Waals surface area contributed by atoms with Gasteiger partial charge in [-0.15, -0.1) is 0 Å². The van der Waals surface area contributed by atoms with Gasteiger partial charge in [0.2, 0.25) is 5.95 Å². The Morgan fingerprint density at radius 3 is 2.38 bits per heavy atom. The maximum Gasteiger partial charge on any atom is 0.225 e. The van der Waals surface area contributed by atoms with E-state index in [0.717, 1.165) is 38.6 Å². The number of nitrogens with one attached hydrogen (secondary N) is 2. The average Bonchev–Trinajstić information content (AvgIpc) is 2.77. The van der Waals surface area contributed by atoms with E-state index < -0.39 is 0 Å². The van der Waals surface area contributed by atoms with Gasteiger partial charge in [0.25, 0.3) is 0 Å². The van der Waals surface area contributed by atoms with Crippen LogP contribution in [0.1, 0.15) is 11.1 Å². The largest absolute Gasteiger partial charge is 0.497 e. The van der Waals surface area contributed by atoms with Gasteiger partial charge in [0, 0.05) is 23.5 Å². The molecule has 0 bridgehead atoms. The molecular formula is C23H21ClN4O. The Bertz CT molecular complexity index is 1120. The van der Waals surface area contributed by atoms with Gasteiger partial charge in [0.15, 0.2) is 0 Å². The fraction of sp³-hybridized carbons (Fsp3) is 0.130. The summed E-state index contributed by atoms with van der Waals surface area (Å²) < 4.78 is 5.20. The van der Waals surface area contributed by atoms with Crippen LogP contribution in [0.15, 0.2) is 72.8 Å². The molecule has 0 spiro atoms. The zero-order valence-corrected chi connectivity index (χ0v) is 16.8. The van der Waals surface area contributed by atoms with E-state index in [1.165, 1.54) is 0 Å². The van der Waals surface area contributed by atoms with Crippen molar-refractivity contribution in [3.05, 3.63) is 88.9 Å². The molecule has 0 saturated heterocycles. The molecule has 0 saturated carbocycles. The molecule has 4 rings (SSSR count). The number of nitrogens with zero attached hydrogens (tertiary/aromatic N) is 2. The zero-order valence-electron chi connectivity index (χ0n) is 16.0. The van der Waals surface area contributed by atoms with Crippen LogP contribution in [-0.4, -0.2) is 17.1 Å². The first-order chi connectivity index (χ1) is 14.2. The lowest BCUT2D eigenvalue weighted by molar-refractivity contribution is 0.414. The van der Waals surface area contributed by atoms with Gasteiger partial charge >= 0.3 is 0 Å². The Balaban J connectivity index is 1.55. The molecule has 0 radical (unpaired) electrons. The Labute approximate surface area is 174 Å². The van der Waals surface area contributed by atoms with Crippen molar-refractivity contribution in [2.75, 3.05) is 17.7 Å². The molecule has 0 unspecified atom stereocenters. The van der Waals surface area contributed by atoms with E-state index in [-0.39, 0.29) is 0 Å². The summed E-state index contributed by atoms with van der Waals surface area (Å²) in [7, 11) is 1.66. The molecule has 6 heteroatoms. The predicted octanol–water partition coefficient (Wildman–Crippen LogP) is 5.52. The topological polar surface area (TPSA) is 59.1 Å². The smallest absolute Gasteiger partial charge is 0.225 e. The number of anilines is 2. The highest BCUT2D eigenvalue weighted by Crippen LogP contribution is 2.24. The summed E-state index contributed by atoms with van der Waals surface area (Å²) in [5.74, 6) is 2.18. The number of para-hydroxylation sites is 1. The molecule has 0 aliphatic heterocycles. The number of halogens is 1. The van der Waals surface area contributed by atoms with E-state index >= 15 is 0 Å². The number of ether oxygens (including phenoxy) is 1. The minimum Gasteiger partial charge on any atom is -0.497 e. The number of aromatic nitrogens is 2. The predicted molar refractivity (Wildman–Crippen MR) is 119 cm³/mol. The van der Waals surface area contributed by atoms with Crippen molar-refractivity contribution in [2.45, 2.75) is 13.1 Å². The van der Waals surface area contributed by atoms with E-state index in [1.807, 2.05) is 72.8 Å². The molecule has 0 atom stereocenters. The number of hydrogen-bond donors (Lipinski definition) is 2. The number of benzene rings is 3. The van der Waals surface area contributed by atoms with Crippen LogP contribution in [0, 0.1) is 0 Å². The van der Waals surface area contributed by atoms with Crippen molar-refractivity contribution in [3.63, 3.8) is 0 Å². The van der Waals surface area contributed by atoms with E-state index in [0.29, 0.717) is 19.0 Å². The molecule has 1 heterocycles. The van der Waals surface area contributed by atoms with Crippen LogP contribution < -0.4 is 15.4 Å². The molecule has 0 aliphatic rings. The van der Waals surface area contributed by atoms with Crippen LogP contribution in [-0.2, 0) is 13.1 Å². The van der Waals surface area contributed by atoms with E-state index in [9.17, 15) is 0 Å². The molecule has 1 aromatic heterocycles. The molecule has 0 aliphatic carbocycles. The molecule has 3 aromatic carbocycles. The SMILES string of the molecule is COc1ccc(CNc2nc(NCc3ccccc3Cl)c3ccccc3n2)cc1. The van der Waals surface area contributed by atoms with Gasteiger partial charge in [-0.3, -0.25) is 0 Å². The van der Waals surface area contributed by atoms with Crippen LogP contribution in [0.2, 0.25) is 5.02 Å². The number of rotatable bonds is 7. The van der Waals surface area contributed by atoms with E-state index in [4.69, 9.17) is 21.3 Å². The summed E-state index contributed by atoms with van der Waals surface area (Å²) in [6.45, 7) is 1.20. The standard InChI is InChI=1S/C23H21ClN4O/c1-29-18-12-10-16(11-13-18)14-26-23-27-21-9-5-3-7-19(21)22(28-23)25-15-17-6-2-4-8-20(17)24/h2-13H,14-15H2,1H3,(H2,25,26,27,28). The van der Waals surface area contributed by atoms with Crippen LogP contribution in [0.5, 0.6) is 5.75 Å². The molecule has 4 aromatic rings. The van der Waals surface area contributed by atoms with Crippen molar-refractivity contribution < 1.29 is 4.74 Å². The second kappa shape index (κ2) is 8.80. The highest BCUT2D eigenvalue weighted by molar-refractivity contribution is 6.31. The lowest BCUT2D eigenvalue weighted by Gasteiger charge is -2.13. The van der Waals surface area contributed by atoms with Crippen LogP contribution in [0.4, 0.5) is 11.8 Å². The van der Waals surface area contributed by atoms with Crippen LogP contribution in [0.25, 0.3) is 10.9 Å². The average molecular weight is 405 g/mol. The van der Waals surface area contributed by atoms with Crippen LogP contribution in [0.3, 0.4) is 0 Å². The Hall–Kier alpha value is -3.31. The number of methoxy groups -OCH3 is 1. The summed E-state index contributed by atoms with van der Waals surface area (Å²) in [6.07, 6.45) is 0. The lowest BCUT2D eigenvalue weighted by Crippen LogP contribution is -2.08. The fourth-order valence-corrected chi connectivity index (χ4v) is 3.24. The second-order valence-electron chi connectivity index (χ2n) is 6.56. The Morgan fingerprint density at radius 2 is 1.59 bits per heavy atom. The first-order valence-electron chi connectivity index (χ1n) is 9.34. The van der Waals surface area contributed by atoms with Crippen molar-refractivity contribution in [1.29, 1.82) is 0 Å². The summed E-state index contributed by atoms with van der Waals surface area (Å²) in [5, 5.41) is 8.42. The highest BCUT2D eigenvalue weighted by atomic mass is 35.5. The van der Waals surface area contributed by atoms with Gasteiger partial charge in [-0.2, -0.15) is 4.98 Å². The normalized spacial score (nSPS) is 10.7. The second-order valence-corrected chi connectivity index (χ2v) is 6.97. The van der Waals surface area contributed by atoms with Gasteiger partial charge < -0.3 is 15.4 Å². The minimum atomic E-state index is 0.571. The molecular weight excluding hydrogens is 384 g/mol. The highest BCUT2D eigenvalue weighted by Gasteiger charge is 2.08. The van der Waals surface area contributed by atoms with Gasteiger partial charge in [-0.05, 0) is 41.5 Å². The summed E-state index contributed by atoms with van der Waals surface area (Å²) in [5.41, 5.74) is 3.01. The Kier molecular flexibility index (Phi) is 5.77. The molecule has 146 valence electrons. The third kappa shape index (κ3) is 4.58. The molecule has 5 nitrogen and oxygen atoms in total. The lowest BCUT2D eigenvalue weighted by atomic mass is 10.2. The summed E-state index contributed by atoms with van der Waals surface area (Å²) in [6, 6.07) is 23.7. The third-order valence-electron chi connectivity index (χ3n) is 4.62. The molecule has 0 fully saturated rings. The van der Waals surface area contributed by atoms with Crippen molar-refractivity contribution in [1.82, 2.24) is 9.97 Å². The molecule has 0 amide bonds. The van der Waals surface area contributed by atoms with Gasteiger partial charge in [0.1, 0.15) is 11.6 Å². The Morgan fingerprint density at radius 1 is 0.828 bits per heavy atom. The zero-order chi connectivity index (χ0) is 20.1. The summed E-state index contributed by atoms with van der Waals surface area (Å²) >= 11 is 6.29. The fourth-order valence-electron chi connectivity index (χ4n) is 3.04. The monoisotopic (exact) mass is 404 g/mol. The minimum absolute atomic E-state index is 0.571. The van der Waals surface area contributed by atoms with Crippen molar-refractivity contribution in [2.24, 2.45) is 0 Å². The third-order valence-corrected chi connectivity index (χ3v) is 4.99. The van der Waals surface area contributed by atoms with E-state index in [2.05, 4.69) is 15.6 Å². The number of hydrogen-bond acceptors (Lipinski definition) is 5. The first kappa shape index (κ1) is 19.0. The van der Waals surface area contributed by atoms with Crippen molar-refractivity contribution in [3.8, 4) is 5.75 Å². The molecule has 29 heavy (non-hydrogen) atoms. The van der Waals surface area contributed by atoms with Gasteiger partial charge in [0.05, 0.1) is 12.6 Å². The van der Waals surface area contributed by atoms with Crippen molar-refractivity contribution >= 4 is 34.3 Å². The van der Waals surface area contributed by atoms with Gasteiger partial charge in [-0.25, -0.2) is 4.98 Å². The number of fused-ring (bicyclic) bond motifs is 1. The van der Waals surface area contributed by atoms with Crippen LogP contribution >= 0.6 is 11.6 Å². The quantitative estimate of drug-likeness (QED) is 0.425. The molecule has 2 N–H and O–H groups in total. The maximum absolute atomic E-state index is 6.29. The van der Waals surface area contributed by atoms with Gasteiger partial charge in [-0.1, -0.05) is 54.1 Å². The first-order valence-corrected chi connectivity index (χ1v) is 9.71.